The van der Waals surface area contributed by atoms with Crippen LogP contribution in [0.4, 0.5) is 5.69 Å². The molecule has 1 aromatic carbocycles. The minimum Gasteiger partial charge on any atom is -0.380 e. The van der Waals surface area contributed by atoms with E-state index in [1.807, 2.05) is 18.2 Å². The van der Waals surface area contributed by atoms with Gasteiger partial charge in [0.25, 0.3) is 0 Å². The molecule has 0 unspecified atom stereocenters. The lowest BCUT2D eigenvalue weighted by Gasteiger charge is -2.32. The number of likely N-dealkylation sites (tertiary alicyclic amines) is 1. The fourth-order valence-electron chi connectivity index (χ4n) is 2.68. The third kappa shape index (κ3) is 2.80. The number of rotatable bonds is 4. The summed E-state index contributed by atoms with van der Waals surface area (Å²) in [6.07, 6.45) is 3.98. The van der Waals surface area contributed by atoms with Gasteiger partial charge in [-0.3, -0.25) is 0 Å². The van der Waals surface area contributed by atoms with Crippen molar-refractivity contribution in [1.82, 2.24) is 25.1 Å². The lowest BCUT2D eigenvalue weighted by atomic mass is 10.0. The van der Waals surface area contributed by atoms with Gasteiger partial charge in [-0.1, -0.05) is 19.1 Å². The lowest BCUT2D eigenvalue weighted by molar-refractivity contribution is 0.229. The van der Waals surface area contributed by atoms with Crippen LogP contribution in [0.3, 0.4) is 0 Å². The molecule has 1 saturated heterocycles. The summed E-state index contributed by atoms with van der Waals surface area (Å²) in [5.41, 5.74) is 2.09. The molecule has 0 bridgehead atoms. The molecule has 20 heavy (non-hydrogen) atoms. The van der Waals surface area contributed by atoms with E-state index in [0.717, 1.165) is 17.9 Å². The van der Waals surface area contributed by atoms with Crippen molar-refractivity contribution in [3.63, 3.8) is 0 Å². The number of aromatic nitrogens is 4. The number of anilines is 1. The van der Waals surface area contributed by atoms with Crippen molar-refractivity contribution in [2.24, 2.45) is 0 Å². The summed E-state index contributed by atoms with van der Waals surface area (Å²) in [5, 5.41) is 15.0. The van der Waals surface area contributed by atoms with Gasteiger partial charge in [-0.05, 0) is 41.9 Å². The molecule has 0 amide bonds. The zero-order chi connectivity index (χ0) is 13.8. The topological polar surface area (TPSA) is 58.9 Å². The van der Waals surface area contributed by atoms with Crippen molar-refractivity contribution < 1.29 is 0 Å². The van der Waals surface area contributed by atoms with Gasteiger partial charge in [-0.2, -0.15) is 4.68 Å². The molecule has 2 aromatic rings. The molecule has 6 nitrogen and oxygen atoms in total. The Hall–Kier alpha value is -1.95. The molecule has 1 aliphatic rings. The highest BCUT2D eigenvalue weighted by atomic mass is 15.5. The lowest BCUT2D eigenvalue weighted by Crippen LogP contribution is -2.39. The maximum atomic E-state index is 3.97. The van der Waals surface area contributed by atoms with Crippen LogP contribution in [0.2, 0.25) is 0 Å². The summed E-state index contributed by atoms with van der Waals surface area (Å²) >= 11 is 0. The van der Waals surface area contributed by atoms with Gasteiger partial charge in [0.15, 0.2) is 0 Å². The fraction of sp³-hybridized carbons (Fsp3) is 0.500. The molecule has 106 valence electrons. The van der Waals surface area contributed by atoms with Crippen molar-refractivity contribution in [3.05, 3.63) is 30.6 Å². The van der Waals surface area contributed by atoms with Gasteiger partial charge in [-0.25, -0.2) is 0 Å². The van der Waals surface area contributed by atoms with Gasteiger partial charge >= 0.3 is 0 Å². The average molecular weight is 272 g/mol. The first kappa shape index (κ1) is 13.1. The van der Waals surface area contributed by atoms with Gasteiger partial charge in [0.2, 0.25) is 0 Å². The summed E-state index contributed by atoms with van der Waals surface area (Å²) < 4.78 is 1.70. The van der Waals surface area contributed by atoms with E-state index in [1.54, 1.807) is 11.0 Å². The molecule has 3 rings (SSSR count). The first-order valence-electron chi connectivity index (χ1n) is 7.18. The predicted molar refractivity (Wildman–Crippen MR) is 77.9 cm³/mol. The second-order valence-electron chi connectivity index (χ2n) is 5.12. The fourth-order valence-corrected chi connectivity index (χ4v) is 2.68. The number of benzene rings is 1. The standard InChI is InChI=1S/C14H20N6/c1-2-19-9-7-12(8-10-19)16-13-5-3-4-6-14(13)20-11-15-17-18-20/h3-6,11-12,16H,2,7-10H2,1H3. The Labute approximate surface area is 118 Å². The van der Waals surface area contributed by atoms with Crippen molar-refractivity contribution in [1.29, 1.82) is 0 Å². The predicted octanol–water partition coefficient (Wildman–Crippen LogP) is 1.56. The van der Waals surface area contributed by atoms with Crippen LogP contribution in [0.5, 0.6) is 0 Å². The summed E-state index contributed by atoms with van der Waals surface area (Å²) in [6.45, 7) is 5.71. The first-order chi connectivity index (χ1) is 9.86. The van der Waals surface area contributed by atoms with Gasteiger partial charge in [0, 0.05) is 19.1 Å². The number of piperidine rings is 1. The smallest absolute Gasteiger partial charge is 0.143 e. The first-order valence-corrected chi connectivity index (χ1v) is 7.18. The second-order valence-corrected chi connectivity index (χ2v) is 5.12. The van der Waals surface area contributed by atoms with E-state index in [0.29, 0.717) is 6.04 Å². The molecule has 1 aliphatic heterocycles. The quantitative estimate of drug-likeness (QED) is 0.915. The molecular formula is C14H20N6. The number of nitrogens with zero attached hydrogens (tertiary/aromatic N) is 5. The zero-order valence-corrected chi connectivity index (χ0v) is 11.7. The second kappa shape index (κ2) is 6.00. The summed E-state index contributed by atoms with van der Waals surface area (Å²) in [5.74, 6) is 0. The molecule has 0 atom stereocenters. The summed E-state index contributed by atoms with van der Waals surface area (Å²) in [6, 6.07) is 8.68. The van der Waals surface area contributed by atoms with Crippen LogP contribution in [0, 0.1) is 0 Å². The van der Waals surface area contributed by atoms with Crippen molar-refractivity contribution in [2.45, 2.75) is 25.8 Å². The molecule has 0 radical (unpaired) electrons. The van der Waals surface area contributed by atoms with E-state index in [4.69, 9.17) is 0 Å². The van der Waals surface area contributed by atoms with Crippen molar-refractivity contribution in [3.8, 4) is 5.69 Å². The van der Waals surface area contributed by atoms with E-state index in [2.05, 4.69) is 38.7 Å². The minimum absolute atomic E-state index is 0.524. The highest BCUT2D eigenvalue weighted by Crippen LogP contribution is 2.22. The molecule has 1 aromatic heterocycles. The van der Waals surface area contributed by atoms with E-state index < -0.39 is 0 Å². The molecule has 6 heteroatoms. The van der Waals surface area contributed by atoms with E-state index >= 15 is 0 Å². The Bertz CT molecular complexity index is 530. The maximum absolute atomic E-state index is 3.97. The Balaban J connectivity index is 1.72. The number of hydrogen-bond acceptors (Lipinski definition) is 5. The molecule has 0 aliphatic carbocycles. The SMILES string of the molecule is CCN1CCC(Nc2ccccc2-n2cnnn2)CC1. The number of tetrazole rings is 1. The zero-order valence-electron chi connectivity index (χ0n) is 11.7. The van der Waals surface area contributed by atoms with Gasteiger partial charge in [0.05, 0.1) is 11.4 Å². The summed E-state index contributed by atoms with van der Waals surface area (Å²) in [4.78, 5) is 2.49. The minimum atomic E-state index is 0.524. The van der Waals surface area contributed by atoms with Gasteiger partial charge in [0.1, 0.15) is 6.33 Å². The van der Waals surface area contributed by atoms with Crippen LogP contribution in [0.15, 0.2) is 30.6 Å². The number of hydrogen-bond donors (Lipinski definition) is 1. The Morgan fingerprint density at radius 2 is 2.05 bits per heavy atom. The van der Waals surface area contributed by atoms with Crippen LogP contribution in [0.1, 0.15) is 19.8 Å². The maximum Gasteiger partial charge on any atom is 0.143 e. The van der Waals surface area contributed by atoms with Gasteiger partial charge in [-0.15, -0.1) is 5.10 Å². The highest BCUT2D eigenvalue weighted by molar-refractivity contribution is 5.60. The average Bonchev–Trinajstić information content (AvgIpc) is 3.03. The molecule has 1 N–H and O–H groups in total. The van der Waals surface area contributed by atoms with Crippen LogP contribution >= 0.6 is 0 Å². The monoisotopic (exact) mass is 272 g/mol. The van der Waals surface area contributed by atoms with Crippen LogP contribution in [0.25, 0.3) is 5.69 Å². The molecule has 0 spiro atoms. The molecular weight excluding hydrogens is 252 g/mol. The highest BCUT2D eigenvalue weighted by Gasteiger charge is 2.18. The van der Waals surface area contributed by atoms with Gasteiger partial charge < -0.3 is 10.2 Å². The molecule has 0 saturated carbocycles. The van der Waals surface area contributed by atoms with Crippen molar-refractivity contribution in [2.75, 3.05) is 25.0 Å². The van der Waals surface area contributed by atoms with E-state index in [-0.39, 0.29) is 0 Å². The molecule has 2 heterocycles. The Morgan fingerprint density at radius 3 is 2.75 bits per heavy atom. The normalized spacial score (nSPS) is 17.2. The van der Waals surface area contributed by atoms with Crippen LogP contribution in [-0.4, -0.2) is 50.8 Å². The summed E-state index contributed by atoms with van der Waals surface area (Å²) in [7, 11) is 0. The third-order valence-corrected chi connectivity index (χ3v) is 3.89. The molecule has 1 fully saturated rings. The largest absolute Gasteiger partial charge is 0.380 e. The van der Waals surface area contributed by atoms with E-state index in [1.165, 1.54) is 25.9 Å². The third-order valence-electron chi connectivity index (χ3n) is 3.89. The van der Waals surface area contributed by atoms with E-state index in [9.17, 15) is 0 Å². The Morgan fingerprint density at radius 1 is 1.25 bits per heavy atom. The van der Waals surface area contributed by atoms with Crippen molar-refractivity contribution >= 4 is 5.69 Å². The number of nitrogens with one attached hydrogen (secondary N) is 1. The van der Waals surface area contributed by atoms with Crippen LogP contribution in [-0.2, 0) is 0 Å². The van der Waals surface area contributed by atoms with Crippen LogP contribution < -0.4 is 5.32 Å². The Kier molecular flexibility index (Phi) is 3.92. The number of para-hydroxylation sites is 2.